The van der Waals surface area contributed by atoms with Gasteiger partial charge in [0.25, 0.3) is 0 Å². The van der Waals surface area contributed by atoms with Gasteiger partial charge in [-0.25, -0.2) is 0 Å². The van der Waals surface area contributed by atoms with Crippen molar-refractivity contribution >= 4 is 29.3 Å². The second-order valence-corrected chi connectivity index (χ2v) is 6.10. The van der Waals surface area contributed by atoms with Gasteiger partial charge in [-0.3, -0.25) is 9.78 Å². The van der Waals surface area contributed by atoms with Crippen LogP contribution in [0, 0.1) is 0 Å². The second kappa shape index (κ2) is 5.85. The predicted octanol–water partition coefficient (Wildman–Crippen LogP) is 3.51. The fraction of sp³-hybridized carbons (Fsp3) is 0.200. The van der Waals surface area contributed by atoms with Crippen LogP contribution in [0.4, 0.5) is 0 Å². The van der Waals surface area contributed by atoms with E-state index in [-0.39, 0.29) is 11.3 Å². The summed E-state index contributed by atoms with van der Waals surface area (Å²) in [4.78, 5) is 18.1. The summed E-state index contributed by atoms with van der Waals surface area (Å²) < 4.78 is 0. The van der Waals surface area contributed by atoms with Gasteiger partial charge in [-0.2, -0.15) is 0 Å². The molecule has 102 valence electrons. The highest BCUT2D eigenvalue weighted by atomic mass is 35.5. The Hall–Kier alpha value is -1.52. The minimum atomic E-state index is 0.0480. The number of pyridine rings is 1. The molecule has 20 heavy (non-hydrogen) atoms. The maximum Gasteiger partial charge on any atom is 0.234 e. The quantitative estimate of drug-likeness (QED) is 0.870. The smallest absolute Gasteiger partial charge is 0.234 e. The van der Waals surface area contributed by atoms with Crippen LogP contribution in [0.5, 0.6) is 0 Å². The van der Waals surface area contributed by atoms with Crippen molar-refractivity contribution in [1.82, 2.24) is 9.88 Å². The molecule has 1 aliphatic rings. The van der Waals surface area contributed by atoms with E-state index in [0.29, 0.717) is 17.3 Å². The highest BCUT2D eigenvalue weighted by Crippen LogP contribution is 2.39. The van der Waals surface area contributed by atoms with Gasteiger partial charge in [-0.1, -0.05) is 29.8 Å². The Morgan fingerprint density at radius 3 is 2.80 bits per heavy atom. The van der Waals surface area contributed by atoms with E-state index < -0.39 is 0 Å². The van der Waals surface area contributed by atoms with Crippen LogP contribution in [-0.2, 0) is 11.3 Å². The fourth-order valence-electron chi connectivity index (χ4n) is 2.21. The van der Waals surface area contributed by atoms with Crippen molar-refractivity contribution in [3.05, 3.63) is 64.9 Å². The summed E-state index contributed by atoms with van der Waals surface area (Å²) in [5, 5.41) is 0.756. The summed E-state index contributed by atoms with van der Waals surface area (Å²) in [6.45, 7) is 0.600. The third kappa shape index (κ3) is 2.81. The molecule has 3 nitrogen and oxygen atoms in total. The second-order valence-electron chi connectivity index (χ2n) is 4.60. The Labute approximate surface area is 127 Å². The lowest BCUT2D eigenvalue weighted by molar-refractivity contribution is -0.128. The number of thioether (sulfide) groups is 1. The topological polar surface area (TPSA) is 33.2 Å². The van der Waals surface area contributed by atoms with E-state index in [2.05, 4.69) is 4.98 Å². The van der Waals surface area contributed by atoms with Crippen molar-refractivity contribution in [1.29, 1.82) is 0 Å². The first-order chi connectivity index (χ1) is 9.74. The maximum absolute atomic E-state index is 12.1. The Bertz CT molecular complexity index is 603. The van der Waals surface area contributed by atoms with Crippen molar-refractivity contribution in [2.45, 2.75) is 11.9 Å². The van der Waals surface area contributed by atoms with E-state index in [4.69, 9.17) is 11.6 Å². The Morgan fingerprint density at radius 1 is 1.30 bits per heavy atom. The van der Waals surface area contributed by atoms with Crippen LogP contribution < -0.4 is 0 Å². The lowest BCUT2D eigenvalue weighted by Gasteiger charge is -2.24. The van der Waals surface area contributed by atoms with Gasteiger partial charge >= 0.3 is 0 Å². The van der Waals surface area contributed by atoms with Gasteiger partial charge in [-0.15, -0.1) is 11.8 Å². The highest BCUT2D eigenvalue weighted by Gasteiger charge is 2.32. The summed E-state index contributed by atoms with van der Waals surface area (Å²) in [7, 11) is 0. The third-order valence-electron chi connectivity index (χ3n) is 3.20. The molecule has 0 bridgehead atoms. The summed E-state index contributed by atoms with van der Waals surface area (Å²) >= 11 is 7.53. The monoisotopic (exact) mass is 304 g/mol. The van der Waals surface area contributed by atoms with Gasteiger partial charge in [0.15, 0.2) is 0 Å². The van der Waals surface area contributed by atoms with Crippen molar-refractivity contribution in [3.8, 4) is 0 Å². The zero-order valence-electron chi connectivity index (χ0n) is 10.7. The van der Waals surface area contributed by atoms with Crippen LogP contribution in [0.15, 0.2) is 48.8 Å². The fourth-order valence-corrected chi connectivity index (χ4v) is 3.51. The molecule has 2 aromatic rings. The molecule has 1 amide bonds. The molecular formula is C15H13ClN2OS. The number of nitrogens with zero attached hydrogens (tertiary/aromatic N) is 2. The lowest BCUT2D eigenvalue weighted by Crippen LogP contribution is -2.27. The van der Waals surface area contributed by atoms with Crippen molar-refractivity contribution in [2.75, 3.05) is 5.75 Å². The number of carbonyl (C=O) groups excluding carboxylic acids is 1. The van der Waals surface area contributed by atoms with Crippen molar-refractivity contribution < 1.29 is 4.79 Å². The number of hydrogen-bond donors (Lipinski definition) is 0. The summed E-state index contributed by atoms with van der Waals surface area (Å²) in [6, 6.07) is 11.5. The number of benzene rings is 1. The number of amides is 1. The highest BCUT2D eigenvalue weighted by molar-refractivity contribution is 8.00. The molecule has 0 saturated carbocycles. The molecule has 1 aromatic heterocycles. The van der Waals surface area contributed by atoms with Crippen LogP contribution in [0.3, 0.4) is 0 Å². The van der Waals surface area contributed by atoms with Crippen LogP contribution in [0.25, 0.3) is 0 Å². The first-order valence-corrected chi connectivity index (χ1v) is 7.72. The van der Waals surface area contributed by atoms with Crippen LogP contribution in [-0.4, -0.2) is 21.5 Å². The number of rotatable bonds is 3. The predicted molar refractivity (Wildman–Crippen MR) is 81.4 cm³/mol. The van der Waals surface area contributed by atoms with Gasteiger partial charge in [0.2, 0.25) is 5.91 Å². The van der Waals surface area contributed by atoms with E-state index in [0.717, 1.165) is 11.1 Å². The summed E-state index contributed by atoms with van der Waals surface area (Å²) in [6.07, 6.45) is 3.57. The average Bonchev–Trinajstić information content (AvgIpc) is 2.84. The standard InChI is InChI=1S/C15H13ClN2OS/c16-13-5-3-11(4-6-13)9-18-14(19)10-20-15(18)12-2-1-7-17-8-12/h1-8,15H,9-10H2/t15-/m0/s1. The summed E-state index contributed by atoms with van der Waals surface area (Å²) in [5.74, 6) is 0.687. The average molecular weight is 305 g/mol. The summed E-state index contributed by atoms with van der Waals surface area (Å²) in [5.41, 5.74) is 2.15. The number of hydrogen-bond acceptors (Lipinski definition) is 3. The number of aromatic nitrogens is 1. The van der Waals surface area contributed by atoms with E-state index in [1.165, 1.54) is 0 Å². The normalized spacial score (nSPS) is 18.6. The number of halogens is 1. The van der Waals surface area contributed by atoms with E-state index in [9.17, 15) is 4.79 Å². The molecule has 1 fully saturated rings. The minimum Gasteiger partial charge on any atom is -0.321 e. The molecule has 0 radical (unpaired) electrons. The van der Waals surface area contributed by atoms with E-state index >= 15 is 0 Å². The molecule has 0 unspecified atom stereocenters. The lowest BCUT2D eigenvalue weighted by atomic mass is 10.2. The van der Waals surface area contributed by atoms with E-state index in [1.807, 2.05) is 47.5 Å². The Morgan fingerprint density at radius 2 is 2.10 bits per heavy atom. The van der Waals surface area contributed by atoms with Gasteiger partial charge < -0.3 is 4.90 Å². The Balaban J connectivity index is 1.82. The van der Waals surface area contributed by atoms with Crippen molar-refractivity contribution in [2.24, 2.45) is 0 Å². The van der Waals surface area contributed by atoms with Gasteiger partial charge in [0.1, 0.15) is 5.37 Å². The molecule has 0 N–H and O–H groups in total. The first kappa shape index (κ1) is 13.5. The molecule has 1 saturated heterocycles. The zero-order valence-corrected chi connectivity index (χ0v) is 12.3. The van der Waals surface area contributed by atoms with Gasteiger partial charge in [0, 0.05) is 29.5 Å². The molecule has 5 heteroatoms. The Kier molecular flexibility index (Phi) is 3.94. The molecule has 1 atom stereocenters. The van der Waals surface area contributed by atoms with Crippen LogP contribution >= 0.6 is 23.4 Å². The zero-order chi connectivity index (χ0) is 13.9. The molecule has 0 spiro atoms. The van der Waals surface area contributed by atoms with Gasteiger partial charge in [0.05, 0.1) is 5.75 Å². The third-order valence-corrected chi connectivity index (χ3v) is 4.71. The van der Waals surface area contributed by atoms with E-state index in [1.54, 1.807) is 18.0 Å². The molecule has 1 aromatic carbocycles. The first-order valence-electron chi connectivity index (χ1n) is 6.29. The minimum absolute atomic E-state index is 0.0480. The molecule has 3 rings (SSSR count). The maximum atomic E-state index is 12.1. The SMILES string of the molecule is O=C1CS[C@@H](c2cccnc2)N1Cc1ccc(Cl)cc1. The van der Waals surface area contributed by atoms with Crippen LogP contribution in [0.1, 0.15) is 16.5 Å². The molecule has 0 aliphatic carbocycles. The number of carbonyl (C=O) groups is 1. The molecular weight excluding hydrogens is 292 g/mol. The molecule has 2 heterocycles. The van der Waals surface area contributed by atoms with Gasteiger partial charge in [-0.05, 0) is 23.8 Å². The van der Waals surface area contributed by atoms with Crippen LogP contribution in [0.2, 0.25) is 5.02 Å². The molecule has 1 aliphatic heterocycles. The van der Waals surface area contributed by atoms with Crippen molar-refractivity contribution in [3.63, 3.8) is 0 Å². The largest absolute Gasteiger partial charge is 0.321 e.